The maximum atomic E-state index is 12.6. The summed E-state index contributed by atoms with van der Waals surface area (Å²) in [6.45, 7) is 2.53. The van der Waals surface area contributed by atoms with Gasteiger partial charge in [-0.15, -0.1) is 0 Å². The molecule has 3 rings (SSSR count). The van der Waals surface area contributed by atoms with Gasteiger partial charge in [-0.3, -0.25) is 4.79 Å². The first-order valence-electron chi connectivity index (χ1n) is 7.15. The Bertz CT molecular complexity index is 738. The van der Waals surface area contributed by atoms with Crippen molar-refractivity contribution in [2.75, 3.05) is 6.54 Å². The van der Waals surface area contributed by atoms with Gasteiger partial charge in [0.25, 0.3) is 5.91 Å². The molecule has 2 heterocycles. The number of carbonyl (C=O) groups is 1. The Balaban J connectivity index is 1.98. The number of amides is 1. The maximum absolute atomic E-state index is 12.6. The second kappa shape index (κ2) is 5.33. The fourth-order valence-electron chi connectivity index (χ4n) is 2.88. The highest BCUT2D eigenvalue weighted by atomic mass is 16.4. The SMILES string of the molecule is CC1CC(N)CCN1C(=O)c1cc2ccccc2oc1=O. The zero-order valence-electron chi connectivity index (χ0n) is 11.9. The van der Waals surface area contributed by atoms with E-state index in [0.29, 0.717) is 12.1 Å². The first-order valence-corrected chi connectivity index (χ1v) is 7.15. The van der Waals surface area contributed by atoms with Crippen molar-refractivity contribution in [1.82, 2.24) is 4.90 Å². The topological polar surface area (TPSA) is 76.5 Å². The van der Waals surface area contributed by atoms with Crippen LogP contribution in [0.2, 0.25) is 0 Å². The lowest BCUT2D eigenvalue weighted by atomic mass is 9.98. The number of hydrogen-bond acceptors (Lipinski definition) is 4. The summed E-state index contributed by atoms with van der Waals surface area (Å²) in [7, 11) is 0. The average Bonchev–Trinajstić information content (AvgIpc) is 2.46. The van der Waals surface area contributed by atoms with Crippen LogP contribution in [0.5, 0.6) is 0 Å². The van der Waals surface area contributed by atoms with E-state index in [2.05, 4.69) is 0 Å². The van der Waals surface area contributed by atoms with Crippen LogP contribution in [0.1, 0.15) is 30.1 Å². The Morgan fingerprint density at radius 3 is 2.90 bits per heavy atom. The number of fused-ring (bicyclic) bond motifs is 1. The van der Waals surface area contributed by atoms with E-state index in [-0.39, 0.29) is 23.6 Å². The van der Waals surface area contributed by atoms with E-state index in [9.17, 15) is 9.59 Å². The molecule has 2 N–H and O–H groups in total. The molecule has 2 aromatic rings. The van der Waals surface area contributed by atoms with Gasteiger partial charge in [-0.1, -0.05) is 18.2 Å². The Morgan fingerprint density at radius 1 is 1.38 bits per heavy atom. The van der Waals surface area contributed by atoms with Crippen LogP contribution >= 0.6 is 0 Å². The lowest BCUT2D eigenvalue weighted by Crippen LogP contribution is -2.49. The van der Waals surface area contributed by atoms with Gasteiger partial charge >= 0.3 is 5.63 Å². The summed E-state index contributed by atoms with van der Waals surface area (Å²) in [6.07, 6.45) is 1.51. The molecule has 0 aliphatic carbocycles. The zero-order valence-corrected chi connectivity index (χ0v) is 11.9. The van der Waals surface area contributed by atoms with E-state index in [4.69, 9.17) is 10.2 Å². The molecule has 1 amide bonds. The molecule has 5 nitrogen and oxygen atoms in total. The van der Waals surface area contributed by atoms with Gasteiger partial charge < -0.3 is 15.1 Å². The van der Waals surface area contributed by atoms with E-state index >= 15 is 0 Å². The first-order chi connectivity index (χ1) is 10.1. The second-order valence-corrected chi connectivity index (χ2v) is 5.62. The number of nitrogens with zero attached hydrogens (tertiary/aromatic N) is 1. The van der Waals surface area contributed by atoms with Crippen LogP contribution in [0.25, 0.3) is 11.0 Å². The number of carbonyl (C=O) groups excluding carboxylic acids is 1. The van der Waals surface area contributed by atoms with E-state index in [1.807, 2.05) is 19.1 Å². The fraction of sp³-hybridized carbons (Fsp3) is 0.375. The van der Waals surface area contributed by atoms with Gasteiger partial charge in [0.15, 0.2) is 0 Å². The van der Waals surface area contributed by atoms with Crippen molar-refractivity contribution in [1.29, 1.82) is 0 Å². The molecule has 2 unspecified atom stereocenters. The molecule has 0 saturated carbocycles. The quantitative estimate of drug-likeness (QED) is 0.810. The predicted octanol–water partition coefficient (Wildman–Crippen LogP) is 1.74. The van der Waals surface area contributed by atoms with Crippen molar-refractivity contribution in [3.63, 3.8) is 0 Å². The molecular formula is C16H18N2O3. The molecule has 1 aromatic carbocycles. The van der Waals surface area contributed by atoms with Crippen LogP contribution < -0.4 is 11.4 Å². The van der Waals surface area contributed by atoms with Gasteiger partial charge in [0.05, 0.1) is 0 Å². The summed E-state index contributed by atoms with van der Waals surface area (Å²) in [5, 5.41) is 0.752. The van der Waals surface area contributed by atoms with Gasteiger partial charge in [-0.2, -0.15) is 0 Å². The number of rotatable bonds is 1. The Morgan fingerprint density at radius 2 is 2.14 bits per heavy atom. The number of hydrogen-bond donors (Lipinski definition) is 1. The van der Waals surface area contributed by atoms with Gasteiger partial charge in [-0.25, -0.2) is 4.79 Å². The molecule has 1 saturated heterocycles. The Kier molecular flexibility index (Phi) is 3.51. The summed E-state index contributed by atoms with van der Waals surface area (Å²) in [5.41, 5.74) is 5.92. The summed E-state index contributed by atoms with van der Waals surface area (Å²) in [6, 6.07) is 8.95. The molecule has 0 bridgehead atoms. The van der Waals surface area contributed by atoms with E-state index in [0.717, 1.165) is 18.2 Å². The molecule has 1 aromatic heterocycles. The van der Waals surface area contributed by atoms with Crippen molar-refractivity contribution in [2.45, 2.75) is 31.8 Å². The van der Waals surface area contributed by atoms with Gasteiger partial charge in [0.2, 0.25) is 0 Å². The molecular weight excluding hydrogens is 268 g/mol. The van der Waals surface area contributed by atoms with Crippen molar-refractivity contribution in [3.05, 3.63) is 46.3 Å². The molecule has 5 heteroatoms. The molecule has 1 fully saturated rings. The second-order valence-electron chi connectivity index (χ2n) is 5.62. The molecule has 110 valence electrons. The maximum Gasteiger partial charge on any atom is 0.349 e. The third-order valence-electron chi connectivity index (χ3n) is 4.05. The fourth-order valence-corrected chi connectivity index (χ4v) is 2.88. The lowest BCUT2D eigenvalue weighted by molar-refractivity contribution is 0.0615. The Hall–Kier alpha value is -2.14. The largest absolute Gasteiger partial charge is 0.422 e. The molecule has 1 aliphatic rings. The molecule has 2 atom stereocenters. The summed E-state index contributed by atoms with van der Waals surface area (Å²) in [5.74, 6) is -0.270. The Labute approximate surface area is 122 Å². The minimum atomic E-state index is -0.583. The van der Waals surface area contributed by atoms with Crippen LogP contribution in [-0.4, -0.2) is 29.4 Å². The van der Waals surface area contributed by atoms with E-state index < -0.39 is 5.63 Å². The van der Waals surface area contributed by atoms with Gasteiger partial charge in [0.1, 0.15) is 11.1 Å². The highest BCUT2D eigenvalue weighted by molar-refractivity contribution is 5.96. The van der Waals surface area contributed by atoms with Crippen LogP contribution in [0.3, 0.4) is 0 Å². The normalized spacial score (nSPS) is 22.5. The van der Waals surface area contributed by atoms with E-state index in [1.54, 1.807) is 23.1 Å². The monoisotopic (exact) mass is 286 g/mol. The van der Waals surface area contributed by atoms with Crippen molar-refractivity contribution >= 4 is 16.9 Å². The predicted molar refractivity (Wildman–Crippen MR) is 80.2 cm³/mol. The highest BCUT2D eigenvalue weighted by Crippen LogP contribution is 2.19. The van der Waals surface area contributed by atoms with Crippen LogP contribution in [0.4, 0.5) is 0 Å². The minimum absolute atomic E-state index is 0.0344. The third-order valence-corrected chi connectivity index (χ3v) is 4.05. The summed E-state index contributed by atoms with van der Waals surface area (Å²) in [4.78, 5) is 26.4. The highest BCUT2D eigenvalue weighted by Gasteiger charge is 2.29. The average molecular weight is 286 g/mol. The van der Waals surface area contributed by atoms with Crippen LogP contribution in [0.15, 0.2) is 39.5 Å². The standard InChI is InChI=1S/C16H18N2O3/c1-10-8-12(17)6-7-18(10)15(19)13-9-11-4-2-3-5-14(11)21-16(13)20/h2-5,9-10,12H,6-8,17H2,1H3. The van der Waals surface area contributed by atoms with Crippen molar-refractivity contribution in [2.24, 2.45) is 5.73 Å². The lowest BCUT2D eigenvalue weighted by Gasteiger charge is -2.36. The van der Waals surface area contributed by atoms with E-state index in [1.165, 1.54) is 0 Å². The number of piperidine rings is 1. The van der Waals surface area contributed by atoms with Crippen LogP contribution in [-0.2, 0) is 0 Å². The molecule has 0 spiro atoms. The molecule has 1 aliphatic heterocycles. The number of benzene rings is 1. The number of nitrogens with two attached hydrogens (primary N) is 1. The van der Waals surface area contributed by atoms with Crippen molar-refractivity contribution < 1.29 is 9.21 Å². The summed E-state index contributed by atoms with van der Waals surface area (Å²) >= 11 is 0. The zero-order chi connectivity index (χ0) is 15.0. The van der Waals surface area contributed by atoms with Crippen LogP contribution in [0, 0.1) is 0 Å². The summed E-state index contributed by atoms with van der Waals surface area (Å²) < 4.78 is 5.23. The third kappa shape index (κ3) is 2.56. The molecule has 21 heavy (non-hydrogen) atoms. The number of para-hydroxylation sites is 1. The van der Waals surface area contributed by atoms with Gasteiger partial charge in [0, 0.05) is 24.0 Å². The number of likely N-dealkylation sites (tertiary alicyclic amines) is 1. The minimum Gasteiger partial charge on any atom is -0.422 e. The van der Waals surface area contributed by atoms with Crippen molar-refractivity contribution in [3.8, 4) is 0 Å². The smallest absolute Gasteiger partial charge is 0.349 e. The molecule has 0 radical (unpaired) electrons. The van der Waals surface area contributed by atoms with Gasteiger partial charge in [-0.05, 0) is 31.9 Å². The first kappa shape index (κ1) is 13.8.